The number of aryl methyl sites for hydroxylation is 1. The Morgan fingerprint density at radius 1 is 1.12 bits per heavy atom. The van der Waals surface area contributed by atoms with Crippen LogP contribution < -0.4 is 4.18 Å². The zero-order chi connectivity index (χ0) is 24.9. The molecule has 0 radical (unpaired) electrons. The third-order valence-corrected chi connectivity index (χ3v) is 6.06. The summed E-state index contributed by atoms with van der Waals surface area (Å²) in [5, 5.41) is 11.0. The summed E-state index contributed by atoms with van der Waals surface area (Å²) < 4.78 is 40.4. The average molecular weight is 488 g/mol. The summed E-state index contributed by atoms with van der Waals surface area (Å²) in [5.41, 5.74) is -0.0551. The molecule has 1 amide bonds. The van der Waals surface area contributed by atoms with Gasteiger partial charge in [-0.2, -0.15) is 8.42 Å². The number of esters is 1. The third-order valence-electron chi connectivity index (χ3n) is 4.67. The van der Waals surface area contributed by atoms with E-state index in [4.69, 9.17) is 13.3 Å². The van der Waals surface area contributed by atoms with Crippen LogP contribution in [0.3, 0.4) is 0 Å². The molecule has 0 aliphatic carbocycles. The Bertz CT molecular complexity index is 1300. The maximum absolute atomic E-state index is 12.6. The second-order valence-corrected chi connectivity index (χ2v) is 8.69. The molecule has 2 aromatic carbocycles. The number of nitrogens with zero attached hydrogens (tertiary/aromatic N) is 2. The van der Waals surface area contributed by atoms with E-state index >= 15 is 0 Å². The zero-order valence-electron chi connectivity index (χ0n) is 18.2. The van der Waals surface area contributed by atoms with E-state index in [1.807, 2.05) is 0 Å². The van der Waals surface area contributed by atoms with Crippen LogP contribution in [0.4, 0.5) is 5.69 Å². The number of hydrogen-bond acceptors (Lipinski definition) is 9. The molecule has 34 heavy (non-hydrogen) atoms. The second-order valence-electron chi connectivity index (χ2n) is 7.17. The van der Waals surface area contributed by atoms with Crippen molar-refractivity contribution in [3.8, 4) is 5.75 Å². The number of carbonyl (C=O) groups is 2. The molecule has 1 heterocycles. The van der Waals surface area contributed by atoms with Crippen molar-refractivity contribution in [2.24, 2.45) is 0 Å². The van der Waals surface area contributed by atoms with Crippen molar-refractivity contribution in [1.82, 2.24) is 4.90 Å². The Labute approximate surface area is 194 Å². The lowest BCUT2D eigenvalue weighted by Crippen LogP contribution is -2.30. The Morgan fingerprint density at radius 3 is 2.44 bits per heavy atom. The number of benzene rings is 2. The van der Waals surface area contributed by atoms with E-state index in [1.165, 1.54) is 61.5 Å². The van der Waals surface area contributed by atoms with Gasteiger partial charge in [0.05, 0.1) is 23.3 Å². The number of carbonyl (C=O) groups excluding carboxylic acids is 2. The molecule has 0 saturated carbocycles. The van der Waals surface area contributed by atoms with Crippen LogP contribution in [0, 0.1) is 17.0 Å². The molecular formula is C22H20N2O9S. The van der Waals surface area contributed by atoms with Crippen LogP contribution in [-0.2, 0) is 26.2 Å². The van der Waals surface area contributed by atoms with E-state index < -0.39 is 39.2 Å². The van der Waals surface area contributed by atoms with Crippen LogP contribution in [0.5, 0.6) is 5.75 Å². The molecule has 0 aliphatic heterocycles. The van der Waals surface area contributed by atoms with Crippen LogP contribution in [-0.4, -0.2) is 43.8 Å². The first-order valence-corrected chi connectivity index (χ1v) is 11.2. The molecule has 0 unspecified atom stereocenters. The van der Waals surface area contributed by atoms with Gasteiger partial charge in [0.2, 0.25) is 0 Å². The molecule has 3 aromatic rings. The minimum Gasteiger partial charge on any atom is -0.467 e. The lowest BCUT2D eigenvalue weighted by atomic mass is 10.2. The molecule has 11 nitrogen and oxygen atoms in total. The molecule has 0 aliphatic rings. The van der Waals surface area contributed by atoms with Gasteiger partial charge in [0, 0.05) is 19.2 Å². The third kappa shape index (κ3) is 5.98. The number of nitro groups is 1. The maximum atomic E-state index is 12.6. The quantitative estimate of drug-likeness (QED) is 0.192. The molecule has 178 valence electrons. The fraction of sp³-hybridized carbons (Fsp3) is 0.182. The van der Waals surface area contributed by atoms with Crippen LogP contribution in [0.25, 0.3) is 0 Å². The summed E-state index contributed by atoms with van der Waals surface area (Å²) in [6.07, 6.45) is 1.48. The Hall–Kier alpha value is -4.19. The summed E-state index contributed by atoms with van der Waals surface area (Å²) >= 11 is 0. The van der Waals surface area contributed by atoms with Gasteiger partial charge in [-0.05, 0) is 48.9 Å². The van der Waals surface area contributed by atoms with Crippen LogP contribution in [0.2, 0.25) is 0 Å². The van der Waals surface area contributed by atoms with Gasteiger partial charge in [0.15, 0.2) is 6.61 Å². The minimum absolute atomic E-state index is 0.0674. The smallest absolute Gasteiger partial charge is 0.339 e. The molecule has 3 rings (SSSR count). The topological polar surface area (TPSA) is 146 Å². The molecule has 0 spiro atoms. The Kier molecular flexibility index (Phi) is 7.31. The van der Waals surface area contributed by atoms with E-state index in [9.17, 15) is 28.1 Å². The summed E-state index contributed by atoms with van der Waals surface area (Å²) in [6.45, 7) is 1.20. The maximum Gasteiger partial charge on any atom is 0.339 e. The van der Waals surface area contributed by atoms with Crippen LogP contribution in [0.1, 0.15) is 21.7 Å². The number of hydrogen-bond donors (Lipinski definition) is 0. The highest BCUT2D eigenvalue weighted by Gasteiger charge is 2.23. The van der Waals surface area contributed by atoms with Gasteiger partial charge < -0.3 is 18.2 Å². The molecule has 12 heteroatoms. The molecule has 1 aromatic heterocycles. The van der Waals surface area contributed by atoms with Gasteiger partial charge in [0.1, 0.15) is 16.4 Å². The molecular weight excluding hydrogens is 468 g/mol. The summed E-state index contributed by atoms with van der Waals surface area (Å²) in [4.78, 5) is 35.6. The number of rotatable bonds is 9. The summed E-state index contributed by atoms with van der Waals surface area (Å²) in [6, 6.07) is 11.8. The van der Waals surface area contributed by atoms with E-state index in [-0.39, 0.29) is 28.3 Å². The number of furan rings is 1. The fourth-order valence-electron chi connectivity index (χ4n) is 2.84. The normalized spacial score (nSPS) is 11.0. The highest BCUT2D eigenvalue weighted by atomic mass is 32.2. The molecule has 0 atom stereocenters. The average Bonchev–Trinajstić information content (AvgIpc) is 3.30. The van der Waals surface area contributed by atoms with Crippen molar-refractivity contribution in [3.05, 3.63) is 87.9 Å². The molecule has 0 saturated heterocycles. The highest BCUT2D eigenvalue weighted by Crippen LogP contribution is 2.25. The lowest BCUT2D eigenvalue weighted by Gasteiger charge is -2.15. The van der Waals surface area contributed by atoms with Gasteiger partial charge >= 0.3 is 16.1 Å². The minimum atomic E-state index is -4.36. The predicted molar refractivity (Wildman–Crippen MR) is 118 cm³/mol. The monoisotopic (exact) mass is 488 g/mol. The van der Waals surface area contributed by atoms with E-state index in [1.54, 1.807) is 12.1 Å². The fourth-order valence-corrected chi connectivity index (χ4v) is 4.02. The first-order chi connectivity index (χ1) is 16.1. The SMILES string of the molecule is Cc1ccc([N+](=O)[O-])cc1S(=O)(=O)Oc1ccc(C(=O)OCC(=O)N(C)Cc2ccco2)cc1. The number of amides is 1. The van der Waals surface area contributed by atoms with Crippen molar-refractivity contribution >= 4 is 27.7 Å². The number of non-ortho nitro benzene ring substituents is 1. The first-order valence-electron chi connectivity index (χ1n) is 9.80. The van der Waals surface area contributed by atoms with E-state index in [0.29, 0.717) is 5.76 Å². The van der Waals surface area contributed by atoms with Gasteiger partial charge in [-0.3, -0.25) is 14.9 Å². The van der Waals surface area contributed by atoms with Crippen molar-refractivity contribution in [2.45, 2.75) is 18.4 Å². The van der Waals surface area contributed by atoms with Crippen molar-refractivity contribution in [2.75, 3.05) is 13.7 Å². The van der Waals surface area contributed by atoms with Gasteiger partial charge in [-0.15, -0.1) is 0 Å². The van der Waals surface area contributed by atoms with Crippen LogP contribution >= 0.6 is 0 Å². The highest BCUT2D eigenvalue weighted by molar-refractivity contribution is 7.87. The van der Waals surface area contributed by atoms with Crippen LogP contribution in [0.15, 0.2) is 70.2 Å². The summed E-state index contributed by atoms with van der Waals surface area (Å²) in [5.74, 6) is -0.767. The standard InChI is InChI=1S/C22H20N2O9S/c1-15-5-8-17(24(27)28)12-20(15)34(29,30)33-18-9-6-16(7-10-18)22(26)32-14-21(25)23(2)13-19-4-3-11-31-19/h3-12H,13-14H2,1-2H3. The number of nitro benzene ring substituents is 1. The zero-order valence-corrected chi connectivity index (χ0v) is 19.0. The molecule has 0 fully saturated rings. The Morgan fingerprint density at radius 2 is 1.82 bits per heavy atom. The Balaban J connectivity index is 1.61. The van der Waals surface area contributed by atoms with Gasteiger partial charge in [0.25, 0.3) is 11.6 Å². The van der Waals surface area contributed by atoms with Gasteiger partial charge in [-0.1, -0.05) is 6.07 Å². The molecule has 0 N–H and O–H groups in total. The number of ether oxygens (including phenoxy) is 1. The van der Waals surface area contributed by atoms with Crippen molar-refractivity contribution in [1.29, 1.82) is 0 Å². The van der Waals surface area contributed by atoms with Crippen molar-refractivity contribution < 1.29 is 36.3 Å². The van der Waals surface area contributed by atoms with E-state index in [2.05, 4.69) is 0 Å². The first kappa shape index (κ1) is 24.5. The largest absolute Gasteiger partial charge is 0.467 e. The molecule has 0 bridgehead atoms. The predicted octanol–water partition coefficient (Wildman–Crippen LogP) is 3.08. The lowest BCUT2D eigenvalue weighted by molar-refractivity contribution is -0.385. The summed E-state index contributed by atoms with van der Waals surface area (Å²) in [7, 11) is -2.83. The second kappa shape index (κ2) is 10.2. The number of likely N-dealkylation sites (N-methyl/N-ethyl adjacent to an activating group) is 1. The van der Waals surface area contributed by atoms with E-state index in [0.717, 1.165) is 6.07 Å². The van der Waals surface area contributed by atoms with Crippen molar-refractivity contribution in [3.63, 3.8) is 0 Å². The van der Waals surface area contributed by atoms with Gasteiger partial charge in [-0.25, -0.2) is 4.79 Å².